The molecule has 0 fully saturated rings. The number of esters is 1. The number of hydrogen-bond acceptors (Lipinski definition) is 2. The summed E-state index contributed by atoms with van der Waals surface area (Å²) in [6, 6.07) is 42.3. The van der Waals surface area contributed by atoms with Gasteiger partial charge >= 0.3 is 5.97 Å². The molecule has 0 unspecified atom stereocenters. The summed E-state index contributed by atoms with van der Waals surface area (Å²) in [4.78, 5) is 13.6. The van der Waals surface area contributed by atoms with E-state index >= 15 is 0 Å². The Labute approximate surface area is 199 Å². The van der Waals surface area contributed by atoms with Crippen molar-refractivity contribution in [2.24, 2.45) is 0 Å². The fourth-order valence-corrected chi connectivity index (χ4v) is 4.18. The summed E-state index contributed by atoms with van der Waals surface area (Å²) in [5.74, 6) is -0.333. The lowest BCUT2D eigenvalue weighted by molar-refractivity contribution is 0.0462. The Kier molecular flexibility index (Phi) is 6.35. The van der Waals surface area contributed by atoms with E-state index in [1.54, 1.807) is 0 Å². The van der Waals surface area contributed by atoms with Crippen LogP contribution in [0, 0.1) is 0 Å². The highest BCUT2D eigenvalue weighted by atomic mass is 16.5. The van der Waals surface area contributed by atoms with Crippen molar-refractivity contribution in [1.29, 1.82) is 0 Å². The van der Waals surface area contributed by atoms with Crippen molar-refractivity contribution in [2.45, 2.75) is 13.2 Å². The first-order valence-electron chi connectivity index (χ1n) is 11.4. The van der Waals surface area contributed by atoms with E-state index in [2.05, 4.69) is 34.9 Å². The molecule has 0 radical (unpaired) electrons. The number of aromatic nitrogens is 1. The molecule has 0 saturated carbocycles. The van der Waals surface area contributed by atoms with Crippen LogP contribution in [0.25, 0.3) is 22.4 Å². The Hall–Kier alpha value is -4.37. The molecule has 1 aromatic heterocycles. The maximum atomic E-state index is 13.6. The summed E-state index contributed by atoms with van der Waals surface area (Å²) in [6.07, 6.45) is 0. The number of benzene rings is 4. The number of carbonyl (C=O) groups is 1. The third-order valence-corrected chi connectivity index (χ3v) is 5.84. The zero-order valence-electron chi connectivity index (χ0n) is 18.8. The van der Waals surface area contributed by atoms with Crippen LogP contribution in [0.4, 0.5) is 0 Å². The average Bonchev–Trinajstić information content (AvgIpc) is 3.28. The van der Waals surface area contributed by atoms with E-state index in [4.69, 9.17) is 4.74 Å². The van der Waals surface area contributed by atoms with Gasteiger partial charge in [0.1, 0.15) is 12.3 Å². The first-order valence-corrected chi connectivity index (χ1v) is 11.4. The maximum absolute atomic E-state index is 13.6. The quantitative estimate of drug-likeness (QED) is 0.249. The predicted molar refractivity (Wildman–Crippen MR) is 136 cm³/mol. The van der Waals surface area contributed by atoms with Crippen LogP contribution in [0.3, 0.4) is 0 Å². The molecule has 0 atom stereocenters. The molecule has 0 spiro atoms. The molecule has 3 nitrogen and oxygen atoms in total. The van der Waals surface area contributed by atoms with Crippen LogP contribution >= 0.6 is 0 Å². The van der Waals surface area contributed by atoms with Crippen molar-refractivity contribution < 1.29 is 9.53 Å². The molecular formula is C31H25NO2. The van der Waals surface area contributed by atoms with Gasteiger partial charge in [-0.1, -0.05) is 121 Å². The number of nitrogens with zero attached hydrogens (tertiary/aromatic N) is 1. The molecule has 34 heavy (non-hydrogen) atoms. The van der Waals surface area contributed by atoms with Gasteiger partial charge in [0.15, 0.2) is 0 Å². The van der Waals surface area contributed by atoms with Gasteiger partial charge in [0.05, 0.1) is 0 Å². The minimum Gasteiger partial charge on any atom is -0.456 e. The number of hydrogen-bond donors (Lipinski definition) is 0. The van der Waals surface area contributed by atoms with Gasteiger partial charge in [-0.2, -0.15) is 0 Å². The minimum absolute atomic E-state index is 0.227. The van der Waals surface area contributed by atoms with Crippen LogP contribution in [0.2, 0.25) is 0 Å². The smallest absolute Gasteiger partial charge is 0.355 e. The zero-order valence-corrected chi connectivity index (χ0v) is 18.8. The second-order valence-corrected chi connectivity index (χ2v) is 8.16. The second-order valence-electron chi connectivity index (χ2n) is 8.16. The molecule has 0 aliphatic heterocycles. The second kappa shape index (κ2) is 10.1. The minimum atomic E-state index is -0.333. The largest absolute Gasteiger partial charge is 0.456 e. The summed E-state index contributed by atoms with van der Waals surface area (Å²) in [7, 11) is 0. The lowest BCUT2D eigenvalue weighted by atomic mass is 10.0. The highest BCUT2D eigenvalue weighted by Crippen LogP contribution is 2.34. The van der Waals surface area contributed by atoms with E-state index in [1.165, 1.54) is 0 Å². The Balaban J connectivity index is 1.64. The van der Waals surface area contributed by atoms with Gasteiger partial charge in [-0.25, -0.2) is 4.79 Å². The molecule has 0 aliphatic rings. The Morgan fingerprint density at radius 1 is 0.618 bits per heavy atom. The average molecular weight is 444 g/mol. The number of rotatable bonds is 7. The summed E-state index contributed by atoms with van der Waals surface area (Å²) in [5, 5.41) is 0. The fraction of sp³-hybridized carbons (Fsp3) is 0.0645. The molecule has 0 N–H and O–H groups in total. The van der Waals surface area contributed by atoms with Gasteiger partial charge in [0.25, 0.3) is 0 Å². The molecular weight excluding hydrogens is 418 g/mol. The van der Waals surface area contributed by atoms with E-state index < -0.39 is 0 Å². The molecule has 166 valence electrons. The van der Waals surface area contributed by atoms with Gasteiger partial charge in [-0.15, -0.1) is 0 Å². The summed E-state index contributed by atoms with van der Waals surface area (Å²) in [5.41, 5.74) is 6.53. The Bertz CT molecular complexity index is 1360. The van der Waals surface area contributed by atoms with Crippen molar-refractivity contribution in [3.05, 3.63) is 144 Å². The van der Waals surface area contributed by atoms with Crippen LogP contribution in [0.5, 0.6) is 0 Å². The van der Waals surface area contributed by atoms with E-state index in [0.717, 1.165) is 33.5 Å². The van der Waals surface area contributed by atoms with Crippen molar-refractivity contribution >= 4 is 5.97 Å². The van der Waals surface area contributed by atoms with E-state index in [-0.39, 0.29) is 12.6 Å². The van der Waals surface area contributed by atoms with Gasteiger partial charge in [0.2, 0.25) is 0 Å². The van der Waals surface area contributed by atoms with Gasteiger partial charge in [-0.3, -0.25) is 0 Å². The lowest BCUT2D eigenvalue weighted by Crippen LogP contribution is -2.15. The summed E-state index contributed by atoms with van der Waals surface area (Å²) >= 11 is 0. The maximum Gasteiger partial charge on any atom is 0.355 e. The molecule has 0 amide bonds. The van der Waals surface area contributed by atoms with Crippen LogP contribution in [0.1, 0.15) is 21.6 Å². The molecule has 0 aliphatic carbocycles. The molecule has 3 heteroatoms. The zero-order chi connectivity index (χ0) is 23.2. The van der Waals surface area contributed by atoms with Crippen molar-refractivity contribution in [3.8, 4) is 22.4 Å². The predicted octanol–water partition coefficient (Wildman–Crippen LogP) is 7.23. The molecule has 5 aromatic rings. The van der Waals surface area contributed by atoms with Crippen molar-refractivity contribution in [3.63, 3.8) is 0 Å². The molecule has 0 bridgehead atoms. The van der Waals surface area contributed by atoms with E-state index in [0.29, 0.717) is 12.2 Å². The van der Waals surface area contributed by atoms with Crippen LogP contribution in [-0.2, 0) is 17.9 Å². The topological polar surface area (TPSA) is 31.2 Å². The standard InChI is InChI=1S/C31H25NO2/c33-31(34-23-25-15-7-2-8-16-25)30-28(26-17-9-3-10-18-26)21-29(27-19-11-4-12-20-27)32(30)22-24-13-5-1-6-14-24/h1-21H,22-23H2. The third-order valence-electron chi connectivity index (χ3n) is 5.84. The SMILES string of the molecule is O=C(OCc1ccccc1)c1c(-c2ccccc2)cc(-c2ccccc2)n1Cc1ccccc1. The molecule has 4 aromatic carbocycles. The third kappa shape index (κ3) is 4.69. The summed E-state index contributed by atoms with van der Waals surface area (Å²) in [6.45, 7) is 0.790. The highest BCUT2D eigenvalue weighted by Gasteiger charge is 2.24. The first-order chi connectivity index (χ1) is 16.8. The normalized spacial score (nSPS) is 10.7. The monoisotopic (exact) mass is 443 g/mol. The number of carbonyl (C=O) groups excluding carboxylic acids is 1. The highest BCUT2D eigenvalue weighted by molar-refractivity contribution is 5.98. The van der Waals surface area contributed by atoms with Crippen LogP contribution in [0.15, 0.2) is 127 Å². The molecule has 0 saturated heterocycles. The van der Waals surface area contributed by atoms with Crippen LogP contribution < -0.4 is 0 Å². The number of ether oxygens (including phenoxy) is 1. The van der Waals surface area contributed by atoms with Crippen molar-refractivity contribution in [1.82, 2.24) is 4.57 Å². The molecule has 5 rings (SSSR count). The fourth-order valence-electron chi connectivity index (χ4n) is 4.18. The Morgan fingerprint density at radius 2 is 1.12 bits per heavy atom. The first kappa shape index (κ1) is 21.5. The van der Waals surface area contributed by atoms with Gasteiger partial charge in [0, 0.05) is 17.8 Å². The lowest BCUT2D eigenvalue weighted by Gasteiger charge is -2.15. The van der Waals surface area contributed by atoms with Crippen LogP contribution in [-0.4, -0.2) is 10.5 Å². The van der Waals surface area contributed by atoms with Gasteiger partial charge < -0.3 is 9.30 Å². The summed E-state index contributed by atoms with van der Waals surface area (Å²) < 4.78 is 7.93. The van der Waals surface area contributed by atoms with Crippen molar-refractivity contribution in [2.75, 3.05) is 0 Å². The van der Waals surface area contributed by atoms with E-state index in [9.17, 15) is 4.79 Å². The molecule has 1 heterocycles. The Morgan fingerprint density at radius 3 is 1.71 bits per heavy atom. The van der Waals surface area contributed by atoms with Gasteiger partial charge in [-0.05, 0) is 28.3 Å². The van der Waals surface area contributed by atoms with E-state index in [1.807, 2.05) is 97.1 Å².